The van der Waals surface area contributed by atoms with Gasteiger partial charge >= 0.3 is 0 Å². The van der Waals surface area contributed by atoms with Gasteiger partial charge in [-0.15, -0.1) is 11.3 Å². The number of aromatic nitrogens is 5. The molecular weight excluding hydrogens is 394 g/mol. The Kier molecular flexibility index (Phi) is 4.66. The molecule has 0 aliphatic rings. The number of nitrogens with zero attached hydrogens (tertiary/aromatic N) is 4. The van der Waals surface area contributed by atoms with Crippen LogP contribution in [0.2, 0.25) is 0 Å². The zero-order valence-electron chi connectivity index (χ0n) is 15.8. The van der Waals surface area contributed by atoms with E-state index in [1.807, 2.05) is 72.2 Å². The maximum Gasteiger partial charge on any atom is 0.229 e. The van der Waals surface area contributed by atoms with Crippen LogP contribution in [0.5, 0.6) is 0 Å². The lowest BCUT2D eigenvalue weighted by Gasteiger charge is -2.06. The lowest BCUT2D eigenvalue weighted by molar-refractivity contribution is 1.12. The highest BCUT2D eigenvalue weighted by atomic mass is 32.1. The summed E-state index contributed by atoms with van der Waals surface area (Å²) in [5.74, 6) is 0.974. The average Bonchev–Trinajstić information content (AvgIpc) is 3.44. The first-order chi connectivity index (χ1) is 14.8. The number of H-pyrrole nitrogens is 1. The van der Waals surface area contributed by atoms with Gasteiger partial charge in [-0.05, 0) is 29.6 Å². The van der Waals surface area contributed by atoms with Crippen molar-refractivity contribution in [3.05, 3.63) is 78.4 Å². The second-order valence-corrected chi connectivity index (χ2v) is 7.48. The molecule has 0 saturated heterocycles. The van der Waals surface area contributed by atoms with Gasteiger partial charge in [-0.2, -0.15) is 10.1 Å². The van der Waals surface area contributed by atoms with Crippen molar-refractivity contribution in [2.45, 2.75) is 0 Å². The van der Waals surface area contributed by atoms with Crippen molar-refractivity contribution in [1.82, 2.24) is 25.1 Å². The van der Waals surface area contributed by atoms with Gasteiger partial charge in [-0.25, -0.2) is 4.98 Å². The Morgan fingerprint density at radius 1 is 0.867 bits per heavy atom. The molecule has 0 atom stereocenters. The van der Waals surface area contributed by atoms with Crippen molar-refractivity contribution in [1.29, 1.82) is 0 Å². The Hall–Kier alpha value is -4.04. The molecule has 0 spiro atoms. The van der Waals surface area contributed by atoms with Crippen molar-refractivity contribution in [2.24, 2.45) is 0 Å². The monoisotopic (exact) mass is 411 g/mol. The third-order valence-corrected chi connectivity index (χ3v) is 5.45. The smallest absolute Gasteiger partial charge is 0.229 e. The Morgan fingerprint density at radius 2 is 1.70 bits per heavy atom. The highest BCUT2D eigenvalue weighted by Crippen LogP contribution is 2.26. The summed E-state index contributed by atoms with van der Waals surface area (Å²) in [6.45, 7) is 0. The predicted molar refractivity (Wildman–Crippen MR) is 123 cm³/mol. The second-order valence-electron chi connectivity index (χ2n) is 6.57. The third-order valence-electron chi connectivity index (χ3n) is 4.53. The molecule has 4 N–H and O–H groups in total. The minimum Gasteiger partial charge on any atom is -0.382 e. The van der Waals surface area contributed by atoms with Gasteiger partial charge in [-0.3, -0.25) is 10.1 Å². The number of pyridine rings is 1. The van der Waals surface area contributed by atoms with E-state index in [1.54, 1.807) is 17.5 Å². The van der Waals surface area contributed by atoms with Crippen LogP contribution in [0.3, 0.4) is 0 Å². The first-order valence-electron chi connectivity index (χ1n) is 9.27. The molecule has 0 saturated carbocycles. The van der Waals surface area contributed by atoms with Gasteiger partial charge in [0.2, 0.25) is 5.95 Å². The molecule has 4 aromatic heterocycles. The zero-order valence-corrected chi connectivity index (χ0v) is 16.6. The molecule has 0 fully saturated rings. The highest BCUT2D eigenvalue weighted by molar-refractivity contribution is 7.17. The number of anilines is 3. The molecule has 6 rings (SSSR count). The second kappa shape index (κ2) is 7.76. The quantitative estimate of drug-likeness (QED) is 0.365. The average molecular weight is 411 g/mol. The summed E-state index contributed by atoms with van der Waals surface area (Å²) in [4.78, 5) is 13.1. The van der Waals surface area contributed by atoms with Crippen molar-refractivity contribution in [3.8, 4) is 0 Å². The summed E-state index contributed by atoms with van der Waals surface area (Å²) in [5.41, 5.74) is 9.69. The van der Waals surface area contributed by atoms with E-state index in [-0.39, 0.29) is 0 Å². The van der Waals surface area contributed by atoms with Gasteiger partial charge in [0, 0.05) is 10.8 Å². The maximum atomic E-state index is 5.95. The molecule has 146 valence electrons. The number of nitrogens with one attached hydrogen (secondary N) is 2. The molecule has 0 radical (unpaired) electrons. The van der Waals surface area contributed by atoms with E-state index in [1.165, 1.54) is 0 Å². The van der Waals surface area contributed by atoms with E-state index in [2.05, 4.69) is 30.5 Å². The van der Waals surface area contributed by atoms with Crippen LogP contribution >= 0.6 is 11.3 Å². The number of benzene rings is 2. The summed E-state index contributed by atoms with van der Waals surface area (Å²) in [6, 6.07) is 19.9. The number of nitrogens with two attached hydrogens (primary N) is 1. The van der Waals surface area contributed by atoms with Gasteiger partial charge in [0.25, 0.3) is 0 Å². The molecule has 8 heteroatoms. The molecule has 0 amide bonds. The summed E-state index contributed by atoms with van der Waals surface area (Å²) in [5, 5.41) is 14.1. The van der Waals surface area contributed by atoms with Gasteiger partial charge in [0.15, 0.2) is 0 Å². The van der Waals surface area contributed by atoms with Crippen LogP contribution in [0.25, 0.3) is 32.0 Å². The van der Waals surface area contributed by atoms with E-state index in [9.17, 15) is 0 Å². The summed E-state index contributed by atoms with van der Waals surface area (Å²) in [7, 11) is 0. The fourth-order valence-electron chi connectivity index (χ4n) is 3.09. The molecule has 0 unspecified atom stereocenters. The van der Waals surface area contributed by atoms with Crippen LogP contribution in [0.1, 0.15) is 0 Å². The van der Waals surface area contributed by atoms with Gasteiger partial charge in [0.1, 0.15) is 5.82 Å². The fraction of sp³-hybridized carbons (Fsp3) is 0. The van der Waals surface area contributed by atoms with Crippen LogP contribution in [0, 0.1) is 0 Å². The zero-order chi connectivity index (χ0) is 20.3. The van der Waals surface area contributed by atoms with E-state index in [4.69, 9.17) is 5.73 Å². The predicted octanol–water partition coefficient (Wildman–Crippen LogP) is 5.13. The van der Waals surface area contributed by atoms with Crippen LogP contribution in [-0.2, 0) is 0 Å². The molecule has 0 aliphatic carbocycles. The lowest BCUT2D eigenvalue weighted by Crippen LogP contribution is -2.00. The number of hydrogen-bond donors (Lipinski definition) is 3. The van der Waals surface area contributed by atoms with Crippen molar-refractivity contribution < 1.29 is 0 Å². The number of fused-ring (bicyclic) bond motifs is 3. The van der Waals surface area contributed by atoms with Gasteiger partial charge < -0.3 is 11.1 Å². The molecule has 7 nitrogen and oxygen atoms in total. The Labute approximate surface area is 175 Å². The normalized spacial score (nSPS) is 10.8. The molecule has 0 bridgehead atoms. The topological polar surface area (TPSA) is 105 Å². The Morgan fingerprint density at radius 3 is 2.60 bits per heavy atom. The van der Waals surface area contributed by atoms with E-state index < -0.39 is 0 Å². The van der Waals surface area contributed by atoms with Crippen molar-refractivity contribution in [3.63, 3.8) is 0 Å². The molecule has 6 aromatic rings. The Bertz CT molecular complexity index is 1420. The fourth-order valence-corrected chi connectivity index (χ4v) is 3.83. The summed E-state index contributed by atoms with van der Waals surface area (Å²) >= 11 is 1.54. The van der Waals surface area contributed by atoms with Gasteiger partial charge in [0.05, 0.1) is 39.3 Å². The molecule has 30 heavy (non-hydrogen) atoms. The van der Waals surface area contributed by atoms with Crippen molar-refractivity contribution >= 4 is 60.8 Å². The van der Waals surface area contributed by atoms with E-state index in [0.717, 1.165) is 37.7 Å². The molecule has 2 aromatic carbocycles. The Balaban J connectivity index is 0.000000178. The molecule has 0 aliphatic heterocycles. The molecule has 4 heterocycles. The number of nitrogen functional groups attached to an aromatic ring is 1. The lowest BCUT2D eigenvalue weighted by atomic mass is 10.2. The van der Waals surface area contributed by atoms with Crippen LogP contribution < -0.4 is 11.1 Å². The number of rotatable bonds is 2. The van der Waals surface area contributed by atoms with E-state index in [0.29, 0.717) is 11.8 Å². The number of aromatic amines is 1. The maximum absolute atomic E-state index is 5.95. The van der Waals surface area contributed by atoms with Crippen LogP contribution in [-0.4, -0.2) is 25.1 Å². The van der Waals surface area contributed by atoms with Gasteiger partial charge in [-0.1, -0.05) is 36.4 Å². The highest BCUT2D eigenvalue weighted by Gasteiger charge is 2.07. The minimum atomic E-state index is 0.482. The number of para-hydroxylation sites is 2. The first kappa shape index (κ1) is 18.0. The van der Waals surface area contributed by atoms with Crippen LogP contribution in [0.4, 0.5) is 17.5 Å². The SMILES string of the molecule is Nc1nc(Nc2cnc3ccccc3c2)nc2ccsc12.c1ccc2[nH]ncc2c1. The number of hydrogen-bond acceptors (Lipinski definition) is 7. The third kappa shape index (κ3) is 3.63. The van der Waals surface area contributed by atoms with E-state index >= 15 is 0 Å². The first-order valence-corrected chi connectivity index (χ1v) is 10.1. The number of thiophene rings is 1. The minimum absolute atomic E-state index is 0.482. The summed E-state index contributed by atoms with van der Waals surface area (Å²) in [6.07, 6.45) is 3.58. The standard InChI is InChI=1S/C15H11N5S.C7H6N2/c16-14-13-12(5-6-21-13)19-15(20-14)18-10-7-9-3-1-2-4-11(9)17-8-10;1-2-4-7-6(3-1)5-8-9-7/h1-8H,(H3,16,18,19,20);1-5H,(H,8,9). The van der Waals surface area contributed by atoms with Crippen LogP contribution in [0.15, 0.2) is 78.4 Å². The molecular formula is C22H17N7S. The largest absolute Gasteiger partial charge is 0.382 e. The summed E-state index contributed by atoms with van der Waals surface area (Å²) < 4.78 is 0.914. The van der Waals surface area contributed by atoms with Crippen molar-refractivity contribution in [2.75, 3.05) is 11.1 Å².